The molecule has 0 saturated carbocycles. The summed E-state index contributed by atoms with van der Waals surface area (Å²) < 4.78 is 0. The minimum absolute atomic E-state index is 0.0424. The standard InChI is InChI=1S/C23H21ClN4O2S/c1-2-15-7-4-6-10-19(15)28-14-17(13-21(28)30)22-26-27-23(31-22)25-20(29)12-11-16-8-3-5-9-18(16)24/h3-12,17H,2,13-14H2,1H3,(H,25,27,29)/b12-11+. The van der Waals surface area contributed by atoms with E-state index in [1.165, 1.54) is 17.4 Å². The van der Waals surface area contributed by atoms with E-state index in [2.05, 4.69) is 22.4 Å². The normalized spacial score (nSPS) is 16.3. The summed E-state index contributed by atoms with van der Waals surface area (Å²) in [6.07, 6.45) is 4.30. The molecule has 1 fully saturated rings. The highest BCUT2D eigenvalue weighted by Crippen LogP contribution is 2.35. The van der Waals surface area contributed by atoms with Crippen molar-refractivity contribution in [3.63, 3.8) is 0 Å². The van der Waals surface area contributed by atoms with Crippen molar-refractivity contribution < 1.29 is 9.59 Å². The van der Waals surface area contributed by atoms with Crippen LogP contribution in [0.15, 0.2) is 54.6 Å². The number of halogens is 1. The van der Waals surface area contributed by atoms with Gasteiger partial charge in [0.15, 0.2) is 0 Å². The van der Waals surface area contributed by atoms with E-state index >= 15 is 0 Å². The van der Waals surface area contributed by atoms with Gasteiger partial charge in [-0.05, 0) is 35.8 Å². The molecule has 2 amide bonds. The van der Waals surface area contributed by atoms with Gasteiger partial charge in [0, 0.05) is 35.7 Å². The van der Waals surface area contributed by atoms with Crippen molar-refractivity contribution in [2.45, 2.75) is 25.7 Å². The quantitative estimate of drug-likeness (QED) is 0.538. The Labute approximate surface area is 189 Å². The summed E-state index contributed by atoms with van der Waals surface area (Å²) >= 11 is 7.40. The van der Waals surface area contributed by atoms with E-state index in [4.69, 9.17) is 11.6 Å². The smallest absolute Gasteiger partial charge is 0.250 e. The van der Waals surface area contributed by atoms with E-state index in [9.17, 15) is 9.59 Å². The maximum Gasteiger partial charge on any atom is 0.250 e. The first kappa shape index (κ1) is 21.2. The molecule has 1 atom stereocenters. The molecule has 6 nitrogen and oxygen atoms in total. The SMILES string of the molecule is CCc1ccccc1N1CC(c2nnc(NC(=O)/C=C/c3ccccc3Cl)s2)CC1=O. The van der Waals surface area contributed by atoms with Crippen LogP contribution in [0, 0.1) is 0 Å². The fourth-order valence-electron chi connectivity index (χ4n) is 3.55. The van der Waals surface area contributed by atoms with Gasteiger partial charge in [0.25, 0.3) is 0 Å². The Bertz CT molecular complexity index is 1140. The number of nitrogens with zero attached hydrogens (tertiary/aromatic N) is 3. The Morgan fingerprint density at radius 3 is 2.81 bits per heavy atom. The predicted molar refractivity (Wildman–Crippen MR) is 125 cm³/mol. The maximum atomic E-state index is 12.7. The zero-order chi connectivity index (χ0) is 21.8. The van der Waals surface area contributed by atoms with Crippen molar-refractivity contribution in [1.29, 1.82) is 0 Å². The molecule has 1 aliphatic heterocycles. The molecule has 8 heteroatoms. The molecular formula is C23H21ClN4O2S. The number of benzene rings is 2. The van der Waals surface area contributed by atoms with Gasteiger partial charge in [-0.15, -0.1) is 10.2 Å². The molecule has 158 valence electrons. The van der Waals surface area contributed by atoms with Crippen LogP contribution in [0.2, 0.25) is 5.02 Å². The first-order chi connectivity index (χ1) is 15.0. The number of aromatic nitrogens is 2. The van der Waals surface area contributed by atoms with Crippen LogP contribution in [0.1, 0.15) is 35.4 Å². The van der Waals surface area contributed by atoms with Crippen molar-refractivity contribution in [3.8, 4) is 0 Å². The molecule has 2 heterocycles. The lowest BCUT2D eigenvalue weighted by Crippen LogP contribution is -2.25. The van der Waals surface area contributed by atoms with Gasteiger partial charge in [-0.1, -0.05) is 66.3 Å². The number of hydrogen-bond donors (Lipinski definition) is 1. The Morgan fingerprint density at radius 1 is 1.23 bits per heavy atom. The molecule has 3 aromatic rings. The fraction of sp³-hybridized carbons (Fsp3) is 0.217. The van der Waals surface area contributed by atoms with Gasteiger partial charge in [0.2, 0.25) is 16.9 Å². The summed E-state index contributed by atoms with van der Waals surface area (Å²) in [5.41, 5.74) is 2.86. The zero-order valence-electron chi connectivity index (χ0n) is 16.9. The van der Waals surface area contributed by atoms with E-state index in [1.54, 1.807) is 12.1 Å². The number of aryl methyl sites for hydroxylation is 1. The molecule has 1 saturated heterocycles. The maximum absolute atomic E-state index is 12.7. The Balaban J connectivity index is 1.41. The lowest BCUT2D eigenvalue weighted by Gasteiger charge is -2.19. The summed E-state index contributed by atoms with van der Waals surface area (Å²) in [7, 11) is 0. The Kier molecular flexibility index (Phi) is 6.44. The van der Waals surface area contributed by atoms with Gasteiger partial charge in [0.1, 0.15) is 5.01 Å². The molecule has 1 aromatic heterocycles. The summed E-state index contributed by atoms with van der Waals surface area (Å²) in [6, 6.07) is 15.2. The third-order valence-corrected chi connectivity index (χ3v) is 6.47. The third-order valence-electron chi connectivity index (χ3n) is 5.13. The average Bonchev–Trinajstić information content (AvgIpc) is 3.39. The van der Waals surface area contributed by atoms with Crippen molar-refractivity contribution in [1.82, 2.24) is 10.2 Å². The number of carbonyl (C=O) groups is 2. The lowest BCUT2D eigenvalue weighted by molar-refractivity contribution is -0.117. The van der Waals surface area contributed by atoms with E-state index in [1.807, 2.05) is 47.4 Å². The summed E-state index contributed by atoms with van der Waals surface area (Å²) in [5, 5.41) is 12.7. The molecule has 1 N–H and O–H groups in total. The molecule has 0 bridgehead atoms. The molecule has 0 aliphatic carbocycles. The Morgan fingerprint density at radius 2 is 2.00 bits per heavy atom. The highest BCUT2D eigenvalue weighted by atomic mass is 35.5. The van der Waals surface area contributed by atoms with Gasteiger partial charge in [-0.25, -0.2) is 0 Å². The average molecular weight is 453 g/mol. The van der Waals surface area contributed by atoms with Gasteiger partial charge in [-0.2, -0.15) is 0 Å². The molecule has 2 aromatic carbocycles. The third kappa shape index (κ3) is 4.84. The summed E-state index contributed by atoms with van der Waals surface area (Å²) in [6.45, 7) is 2.64. The van der Waals surface area contributed by atoms with Crippen LogP contribution in [0.4, 0.5) is 10.8 Å². The second kappa shape index (κ2) is 9.41. The topological polar surface area (TPSA) is 75.2 Å². The lowest BCUT2D eigenvalue weighted by atomic mass is 10.1. The largest absolute Gasteiger partial charge is 0.311 e. The zero-order valence-corrected chi connectivity index (χ0v) is 18.5. The Hall–Kier alpha value is -3.03. The van der Waals surface area contributed by atoms with Gasteiger partial charge in [-0.3, -0.25) is 14.9 Å². The number of anilines is 2. The number of nitrogens with one attached hydrogen (secondary N) is 1. The van der Waals surface area contributed by atoms with Crippen LogP contribution < -0.4 is 10.2 Å². The van der Waals surface area contributed by atoms with Gasteiger partial charge >= 0.3 is 0 Å². The molecule has 0 radical (unpaired) electrons. The van der Waals surface area contributed by atoms with Gasteiger partial charge in [0.05, 0.1) is 0 Å². The predicted octanol–water partition coefficient (Wildman–Crippen LogP) is 4.93. The number of hydrogen-bond acceptors (Lipinski definition) is 5. The first-order valence-electron chi connectivity index (χ1n) is 10.0. The minimum Gasteiger partial charge on any atom is -0.311 e. The van der Waals surface area contributed by atoms with E-state index in [0.717, 1.165) is 28.2 Å². The van der Waals surface area contributed by atoms with Crippen molar-refractivity contribution in [2.75, 3.05) is 16.8 Å². The summed E-state index contributed by atoms with van der Waals surface area (Å²) in [4.78, 5) is 26.7. The molecule has 0 spiro atoms. The van der Waals surface area contributed by atoms with Gasteiger partial charge < -0.3 is 4.90 Å². The van der Waals surface area contributed by atoms with Crippen LogP contribution in [0.3, 0.4) is 0 Å². The van der Waals surface area contributed by atoms with Crippen LogP contribution >= 0.6 is 22.9 Å². The number of carbonyl (C=O) groups excluding carboxylic acids is 2. The van der Waals surface area contributed by atoms with Crippen LogP contribution in [0.25, 0.3) is 6.08 Å². The van der Waals surface area contributed by atoms with E-state index < -0.39 is 0 Å². The molecule has 1 unspecified atom stereocenters. The monoisotopic (exact) mass is 452 g/mol. The van der Waals surface area contributed by atoms with Crippen LogP contribution in [-0.4, -0.2) is 28.6 Å². The first-order valence-corrected chi connectivity index (χ1v) is 11.2. The van der Waals surface area contributed by atoms with Crippen molar-refractivity contribution in [3.05, 3.63) is 75.8 Å². The fourth-order valence-corrected chi connectivity index (χ4v) is 4.59. The minimum atomic E-state index is -0.316. The highest BCUT2D eigenvalue weighted by molar-refractivity contribution is 7.15. The van der Waals surface area contributed by atoms with Crippen molar-refractivity contribution >= 4 is 51.6 Å². The number of rotatable bonds is 6. The molecular weight excluding hydrogens is 432 g/mol. The molecule has 31 heavy (non-hydrogen) atoms. The summed E-state index contributed by atoms with van der Waals surface area (Å²) in [5.74, 6) is -0.280. The number of para-hydroxylation sites is 1. The van der Waals surface area contributed by atoms with E-state index in [0.29, 0.717) is 23.1 Å². The second-order valence-electron chi connectivity index (χ2n) is 7.18. The molecule has 4 rings (SSSR count). The van der Waals surface area contributed by atoms with Crippen LogP contribution in [-0.2, 0) is 16.0 Å². The number of amides is 2. The molecule has 1 aliphatic rings. The highest BCUT2D eigenvalue weighted by Gasteiger charge is 2.34. The van der Waals surface area contributed by atoms with Crippen LogP contribution in [0.5, 0.6) is 0 Å². The van der Waals surface area contributed by atoms with E-state index in [-0.39, 0.29) is 17.7 Å². The second-order valence-corrected chi connectivity index (χ2v) is 8.59. The van der Waals surface area contributed by atoms with Crippen molar-refractivity contribution in [2.24, 2.45) is 0 Å².